The Morgan fingerprint density at radius 1 is 1.13 bits per heavy atom. The standard InChI is InChI=1S/C17H19ClN4O/c18-16-10-19-11-17(20-16)22-6-4-21(5-7-22)12-13-1-2-15-14(9-13)3-8-23-15/h1-2,9-11H,3-8,12H2. The molecule has 2 aliphatic heterocycles. The fourth-order valence-corrected chi connectivity index (χ4v) is 3.36. The summed E-state index contributed by atoms with van der Waals surface area (Å²) in [5.41, 5.74) is 2.71. The van der Waals surface area contributed by atoms with Gasteiger partial charge in [0.1, 0.15) is 16.7 Å². The zero-order valence-electron chi connectivity index (χ0n) is 12.9. The molecule has 0 radical (unpaired) electrons. The van der Waals surface area contributed by atoms with E-state index in [1.54, 1.807) is 12.4 Å². The van der Waals surface area contributed by atoms with E-state index in [-0.39, 0.29) is 0 Å². The Hall–Kier alpha value is -1.85. The highest BCUT2D eigenvalue weighted by molar-refractivity contribution is 6.29. The summed E-state index contributed by atoms with van der Waals surface area (Å²) in [4.78, 5) is 13.2. The number of rotatable bonds is 3. The van der Waals surface area contributed by atoms with Crippen LogP contribution in [0.4, 0.5) is 5.82 Å². The van der Waals surface area contributed by atoms with E-state index in [2.05, 4.69) is 38.0 Å². The van der Waals surface area contributed by atoms with Crippen molar-refractivity contribution in [2.45, 2.75) is 13.0 Å². The van der Waals surface area contributed by atoms with Crippen LogP contribution in [0.15, 0.2) is 30.6 Å². The normalized spacial score (nSPS) is 17.9. The predicted molar refractivity (Wildman–Crippen MR) is 90.2 cm³/mol. The van der Waals surface area contributed by atoms with Crippen molar-refractivity contribution >= 4 is 17.4 Å². The lowest BCUT2D eigenvalue weighted by molar-refractivity contribution is 0.249. The molecule has 0 amide bonds. The molecule has 5 nitrogen and oxygen atoms in total. The summed E-state index contributed by atoms with van der Waals surface area (Å²) in [7, 11) is 0. The van der Waals surface area contributed by atoms with Crippen molar-refractivity contribution in [2.24, 2.45) is 0 Å². The van der Waals surface area contributed by atoms with Gasteiger partial charge in [0.2, 0.25) is 0 Å². The summed E-state index contributed by atoms with van der Waals surface area (Å²) in [5, 5.41) is 0.449. The number of nitrogens with zero attached hydrogens (tertiary/aromatic N) is 4. The number of hydrogen-bond donors (Lipinski definition) is 0. The average Bonchev–Trinajstić information content (AvgIpc) is 3.03. The van der Waals surface area contributed by atoms with Crippen LogP contribution < -0.4 is 9.64 Å². The summed E-state index contributed by atoms with van der Waals surface area (Å²) in [6.45, 7) is 5.73. The van der Waals surface area contributed by atoms with E-state index in [0.29, 0.717) is 5.15 Å². The summed E-state index contributed by atoms with van der Waals surface area (Å²) in [6.07, 6.45) is 4.38. The molecule has 23 heavy (non-hydrogen) atoms. The fourth-order valence-electron chi connectivity index (χ4n) is 3.22. The first kappa shape index (κ1) is 14.7. The molecule has 0 N–H and O–H groups in total. The third-order valence-corrected chi connectivity index (χ3v) is 4.63. The van der Waals surface area contributed by atoms with Crippen LogP contribution in [-0.4, -0.2) is 47.7 Å². The van der Waals surface area contributed by atoms with Crippen molar-refractivity contribution in [2.75, 3.05) is 37.7 Å². The highest BCUT2D eigenvalue weighted by Gasteiger charge is 2.19. The molecule has 2 aliphatic rings. The van der Waals surface area contributed by atoms with Crippen molar-refractivity contribution < 1.29 is 4.74 Å². The largest absolute Gasteiger partial charge is 0.493 e. The molecular weight excluding hydrogens is 312 g/mol. The van der Waals surface area contributed by atoms with Crippen molar-refractivity contribution in [3.63, 3.8) is 0 Å². The van der Waals surface area contributed by atoms with E-state index in [1.165, 1.54) is 11.1 Å². The van der Waals surface area contributed by atoms with Gasteiger partial charge in [0.25, 0.3) is 0 Å². The first-order chi connectivity index (χ1) is 11.3. The predicted octanol–water partition coefficient (Wildman–Crippen LogP) is 2.39. The van der Waals surface area contributed by atoms with Crippen molar-refractivity contribution in [1.29, 1.82) is 0 Å². The Labute approximate surface area is 140 Å². The Morgan fingerprint density at radius 2 is 2.00 bits per heavy atom. The van der Waals surface area contributed by atoms with Gasteiger partial charge in [0.05, 0.1) is 19.0 Å². The van der Waals surface area contributed by atoms with E-state index in [1.807, 2.05) is 0 Å². The minimum atomic E-state index is 0.449. The van der Waals surface area contributed by atoms with Gasteiger partial charge in [0, 0.05) is 39.1 Å². The number of aromatic nitrogens is 2. The van der Waals surface area contributed by atoms with E-state index in [4.69, 9.17) is 16.3 Å². The Bertz CT molecular complexity index is 701. The zero-order chi connectivity index (χ0) is 15.6. The van der Waals surface area contributed by atoms with Crippen LogP contribution in [0.2, 0.25) is 5.15 Å². The topological polar surface area (TPSA) is 41.5 Å². The van der Waals surface area contributed by atoms with Crippen molar-refractivity contribution in [3.05, 3.63) is 46.9 Å². The summed E-state index contributed by atoms with van der Waals surface area (Å²) >= 11 is 5.93. The molecule has 0 spiro atoms. The minimum Gasteiger partial charge on any atom is -0.493 e. The Kier molecular flexibility index (Phi) is 4.06. The van der Waals surface area contributed by atoms with E-state index < -0.39 is 0 Å². The molecule has 4 rings (SSSR count). The molecular formula is C17H19ClN4O. The van der Waals surface area contributed by atoms with Crippen LogP contribution >= 0.6 is 11.6 Å². The maximum Gasteiger partial charge on any atom is 0.149 e. The molecule has 0 unspecified atom stereocenters. The van der Waals surface area contributed by atoms with E-state index in [0.717, 1.165) is 57.3 Å². The van der Waals surface area contributed by atoms with Crippen LogP contribution in [0.25, 0.3) is 0 Å². The number of benzene rings is 1. The lowest BCUT2D eigenvalue weighted by Crippen LogP contribution is -2.46. The van der Waals surface area contributed by atoms with E-state index >= 15 is 0 Å². The molecule has 1 aromatic carbocycles. The highest BCUT2D eigenvalue weighted by atomic mass is 35.5. The second-order valence-corrected chi connectivity index (χ2v) is 6.39. The number of anilines is 1. The zero-order valence-corrected chi connectivity index (χ0v) is 13.7. The molecule has 0 atom stereocenters. The molecule has 2 aromatic rings. The smallest absolute Gasteiger partial charge is 0.149 e. The molecule has 1 saturated heterocycles. The molecule has 3 heterocycles. The maximum atomic E-state index is 5.93. The van der Waals surface area contributed by atoms with Gasteiger partial charge in [0.15, 0.2) is 0 Å². The highest BCUT2D eigenvalue weighted by Crippen LogP contribution is 2.26. The third kappa shape index (κ3) is 3.26. The van der Waals surface area contributed by atoms with Gasteiger partial charge in [-0.15, -0.1) is 0 Å². The van der Waals surface area contributed by atoms with E-state index in [9.17, 15) is 0 Å². The summed E-state index contributed by atoms with van der Waals surface area (Å²) in [5.74, 6) is 1.92. The van der Waals surface area contributed by atoms with Gasteiger partial charge in [-0.2, -0.15) is 0 Å². The number of hydrogen-bond acceptors (Lipinski definition) is 5. The summed E-state index contributed by atoms with van der Waals surface area (Å²) in [6, 6.07) is 6.57. The Morgan fingerprint density at radius 3 is 2.83 bits per heavy atom. The SMILES string of the molecule is Clc1cncc(N2CCN(Cc3ccc4c(c3)CCO4)CC2)n1. The average molecular weight is 331 g/mol. The van der Waals surface area contributed by atoms with Crippen LogP contribution in [0.3, 0.4) is 0 Å². The van der Waals surface area contributed by atoms with Gasteiger partial charge in [-0.3, -0.25) is 9.88 Å². The minimum absolute atomic E-state index is 0.449. The molecule has 0 aliphatic carbocycles. The van der Waals surface area contributed by atoms with Gasteiger partial charge in [-0.25, -0.2) is 4.98 Å². The molecule has 6 heteroatoms. The molecule has 1 fully saturated rings. The lowest BCUT2D eigenvalue weighted by Gasteiger charge is -2.35. The third-order valence-electron chi connectivity index (χ3n) is 4.45. The van der Waals surface area contributed by atoms with Gasteiger partial charge in [-0.05, 0) is 17.2 Å². The summed E-state index contributed by atoms with van der Waals surface area (Å²) < 4.78 is 5.57. The number of fused-ring (bicyclic) bond motifs is 1. The lowest BCUT2D eigenvalue weighted by atomic mass is 10.1. The monoisotopic (exact) mass is 330 g/mol. The second kappa shape index (κ2) is 6.34. The van der Waals surface area contributed by atoms with Crippen LogP contribution in [0, 0.1) is 0 Å². The maximum absolute atomic E-state index is 5.93. The fraction of sp³-hybridized carbons (Fsp3) is 0.412. The van der Waals surface area contributed by atoms with Gasteiger partial charge >= 0.3 is 0 Å². The number of halogens is 1. The van der Waals surface area contributed by atoms with Crippen molar-refractivity contribution in [1.82, 2.24) is 14.9 Å². The molecule has 120 valence electrons. The first-order valence-electron chi connectivity index (χ1n) is 7.97. The van der Waals surface area contributed by atoms with Crippen LogP contribution in [-0.2, 0) is 13.0 Å². The van der Waals surface area contributed by atoms with Gasteiger partial charge < -0.3 is 9.64 Å². The first-order valence-corrected chi connectivity index (χ1v) is 8.35. The number of ether oxygens (including phenoxy) is 1. The number of piperazine rings is 1. The van der Waals surface area contributed by atoms with Crippen molar-refractivity contribution in [3.8, 4) is 5.75 Å². The molecule has 1 aromatic heterocycles. The second-order valence-electron chi connectivity index (χ2n) is 6.00. The Balaban J connectivity index is 1.36. The van der Waals surface area contributed by atoms with Crippen LogP contribution in [0.5, 0.6) is 5.75 Å². The quantitative estimate of drug-likeness (QED) is 0.864. The van der Waals surface area contributed by atoms with Gasteiger partial charge in [-0.1, -0.05) is 23.7 Å². The molecule has 0 bridgehead atoms. The molecule has 0 saturated carbocycles. The van der Waals surface area contributed by atoms with Crippen LogP contribution in [0.1, 0.15) is 11.1 Å².